The van der Waals surface area contributed by atoms with Crippen molar-refractivity contribution in [2.45, 2.75) is 13.1 Å². The molecule has 3 amide bonds. The van der Waals surface area contributed by atoms with Crippen molar-refractivity contribution in [1.82, 2.24) is 20.2 Å². The Labute approximate surface area is 181 Å². The summed E-state index contributed by atoms with van der Waals surface area (Å²) in [6, 6.07) is 10.9. The summed E-state index contributed by atoms with van der Waals surface area (Å²) in [5.41, 5.74) is -0.259. The van der Waals surface area contributed by atoms with Gasteiger partial charge in [-0.3, -0.25) is 5.32 Å². The Hall–Kier alpha value is -4.28. The molecule has 0 radical (unpaired) electrons. The summed E-state index contributed by atoms with van der Waals surface area (Å²) >= 11 is 0. The fraction of sp³-hybridized carbons (Fsp3) is 0.143. The van der Waals surface area contributed by atoms with Crippen LogP contribution in [0.2, 0.25) is 0 Å². The quantitative estimate of drug-likeness (QED) is 0.542. The zero-order chi connectivity index (χ0) is 23.1. The number of aromatic nitrogens is 2. The van der Waals surface area contributed by atoms with Crippen LogP contribution < -0.4 is 26.4 Å². The van der Waals surface area contributed by atoms with Gasteiger partial charge in [0.25, 0.3) is 0 Å². The van der Waals surface area contributed by atoms with Gasteiger partial charge in [0.05, 0.1) is 13.3 Å². The molecule has 166 valence electrons. The van der Waals surface area contributed by atoms with E-state index in [0.29, 0.717) is 22.1 Å². The van der Waals surface area contributed by atoms with Crippen LogP contribution in [0.15, 0.2) is 59.5 Å². The van der Waals surface area contributed by atoms with Gasteiger partial charge in [0.1, 0.15) is 11.6 Å². The molecular formula is C21H19F2N5O4. The lowest BCUT2D eigenvalue weighted by atomic mass is 10.2. The topological polar surface area (TPSA) is 114 Å². The average Bonchev–Trinajstić information content (AvgIpc) is 2.79. The number of para-hydroxylation sites is 1. The monoisotopic (exact) mass is 443 g/mol. The van der Waals surface area contributed by atoms with Gasteiger partial charge in [-0.05, 0) is 12.1 Å². The highest BCUT2D eigenvalue weighted by atomic mass is 19.1. The molecule has 0 spiro atoms. The first kappa shape index (κ1) is 22.4. The fourth-order valence-electron chi connectivity index (χ4n) is 2.74. The van der Waals surface area contributed by atoms with Gasteiger partial charge < -0.3 is 15.4 Å². The van der Waals surface area contributed by atoms with E-state index in [1.165, 1.54) is 25.3 Å². The molecule has 0 aliphatic carbocycles. The molecule has 1 heterocycles. The molecule has 3 aromatic rings. The molecule has 0 saturated heterocycles. The van der Waals surface area contributed by atoms with Crippen LogP contribution in [0, 0.1) is 11.6 Å². The largest absolute Gasteiger partial charge is 0.496 e. The number of rotatable bonds is 6. The number of hydrogen-bond donors (Lipinski definition) is 3. The number of carbonyl (C=O) groups excluding carboxylic acids is 2. The predicted molar refractivity (Wildman–Crippen MR) is 111 cm³/mol. The van der Waals surface area contributed by atoms with Crippen LogP contribution in [0.5, 0.6) is 5.75 Å². The van der Waals surface area contributed by atoms with Crippen molar-refractivity contribution in [3.8, 4) is 5.75 Å². The van der Waals surface area contributed by atoms with Crippen LogP contribution in [-0.2, 0) is 13.1 Å². The summed E-state index contributed by atoms with van der Waals surface area (Å²) in [5, 5.41) is 6.91. The second kappa shape index (κ2) is 10.2. The SMILES string of the molecule is COc1ccccc1CNC(=O)Nc1nc(=O)n(C(=O)NCc2ccccc2F)cc1F. The second-order valence-corrected chi connectivity index (χ2v) is 6.46. The molecule has 11 heteroatoms. The number of urea groups is 1. The Morgan fingerprint density at radius 1 is 0.969 bits per heavy atom. The smallest absolute Gasteiger partial charge is 0.358 e. The van der Waals surface area contributed by atoms with Crippen molar-refractivity contribution in [3.05, 3.63) is 88.0 Å². The van der Waals surface area contributed by atoms with E-state index < -0.39 is 35.2 Å². The molecule has 32 heavy (non-hydrogen) atoms. The molecule has 0 aliphatic rings. The van der Waals surface area contributed by atoms with Crippen molar-refractivity contribution >= 4 is 17.9 Å². The van der Waals surface area contributed by atoms with Gasteiger partial charge in [-0.25, -0.2) is 27.7 Å². The van der Waals surface area contributed by atoms with Crippen molar-refractivity contribution in [2.24, 2.45) is 0 Å². The van der Waals surface area contributed by atoms with Crippen molar-refractivity contribution < 1.29 is 23.1 Å². The molecule has 0 atom stereocenters. The van der Waals surface area contributed by atoms with Crippen LogP contribution in [0.4, 0.5) is 24.2 Å². The van der Waals surface area contributed by atoms with Crippen LogP contribution >= 0.6 is 0 Å². The Bertz CT molecular complexity index is 1200. The fourth-order valence-corrected chi connectivity index (χ4v) is 2.74. The zero-order valence-electron chi connectivity index (χ0n) is 16.9. The highest BCUT2D eigenvalue weighted by Gasteiger charge is 2.16. The zero-order valence-corrected chi connectivity index (χ0v) is 16.9. The number of nitrogens with zero attached hydrogens (tertiary/aromatic N) is 2. The van der Waals surface area contributed by atoms with Gasteiger partial charge in [-0.1, -0.05) is 36.4 Å². The maximum atomic E-state index is 14.3. The Balaban J connectivity index is 1.63. The van der Waals surface area contributed by atoms with Crippen molar-refractivity contribution in [3.63, 3.8) is 0 Å². The molecule has 0 bridgehead atoms. The maximum absolute atomic E-state index is 14.3. The minimum atomic E-state index is -1.13. The highest BCUT2D eigenvalue weighted by molar-refractivity contribution is 5.88. The highest BCUT2D eigenvalue weighted by Crippen LogP contribution is 2.16. The summed E-state index contributed by atoms with van der Waals surface area (Å²) in [6.45, 7) is -0.141. The summed E-state index contributed by atoms with van der Waals surface area (Å²) in [4.78, 5) is 39.7. The first-order valence-electron chi connectivity index (χ1n) is 9.36. The molecule has 2 aromatic carbocycles. The normalized spacial score (nSPS) is 10.3. The first-order valence-corrected chi connectivity index (χ1v) is 9.36. The minimum Gasteiger partial charge on any atom is -0.496 e. The molecule has 3 rings (SSSR count). The summed E-state index contributed by atoms with van der Waals surface area (Å²) < 4.78 is 33.5. The third kappa shape index (κ3) is 5.45. The molecule has 0 fully saturated rings. The van der Waals surface area contributed by atoms with E-state index in [2.05, 4.69) is 20.9 Å². The van der Waals surface area contributed by atoms with Gasteiger partial charge >= 0.3 is 17.8 Å². The van der Waals surface area contributed by atoms with E-state index in [1.54, 1.807) is 30.3 Å². The van der Waals surface area contributed by atoms with Gasteiger partial charge in [-0.15, -0.1) is 0 Å². The van der Waals surface area contributed by atoms with E-state index >= 15 is 0 Å². The minimum absolute atomic E-state index is 0.0764. The van der Waals surface area contributed by atoms with Gasteiger partial charge in [0, 0.05) is 24.2 Å². The number of halogens is 2. The Kier molecular flexibility index (Phi) is 7.11. The number of anilines is 1. The molecule has 0 aliphatic heterocycles. The van der Waals surface area contributed by atoms with E-state index in [0.717, 1.165) is 0 Å². The lowest BCUT2D eigenvalue weighted by Crippen LogP contribution is -2.38. The van der Waals surface area contributed by atoms with Gasteiger partial charge in [0.15, 0.2) is 11.6 Å². The lowest BCUT2D eigenvalue weighted by molar-refractivity contribution is 0.240. The molecule has 3 N–H and O–H groups in total. The summed E-state index contributed by atoms with van der Waals surface area (Å²) in [7, 11) is 1.49. The van der Waals surface area contributed by atoms with Crippen LogP contribution in [0.1, 0.15) is 11.1 Å². The van der Waals surface area contributed by atoms with E-state index in [1.807, 2.05) is 0 Å². The Morgan fingerprint density at radius 2 is 1.62 bits per heavy atom. The summed E-state index contributed by atoms with van der Waals surface area (Å²) in [5.74, 6) is -1.74. The summed E-state index contributed by atoms with van der Waals surface area (Å²) in [6.07, 6.45) is 0.585. The number of methoxy groups -OCH3 is 1. The number of nitrogens with one attached hydrogen (secondary N) is 3. The van der Waals surface area contributed by atoms with E-state index in [9.17, 15) is 23.2 Å². The average molecular weight is 443 g/mol. The van der Waals surface area contributed by atoms with E-state index in [4.69, 9.17) is 4.74 Å². The number of carbonyl (C=O) groups is 2. The standard InChI is InChI=1S/C21H19F2N5O4/c1-32-17-9-5-3-7-14(17)11-24-19(29)26-18-16(23)12-28(21(31)27-18)20(30)25-10-13-6-2-4-8-15(13)22/h2-9,12H,10-11H2,1H3,(H,25,30)(H2,24,26,27,29,31). The molecule has 1 aromatic heterocycles. The number of benzene rings is 2. The molecular weight excluding hydrogens is 424 g/mol. The molecule has 9 nitrogen and oxygen atoms in total. The van der Waals surface area contributed by atoms with Crippen molar-refractivity contribution in [1.29, 1.82) is 0 Å². The van der Waals surface area contributed by atoms with Crippen LogP contribution in [0.3, 0.4) is 0 Å². The van der Waals surface area contributed by atoms with Gasteiger partial charge in [0.2, 0.25) is 0 Å². The third-order valence-corrected chi connectivity index (χ3v) is 4.35. The van der Waals surface area contributed by atoms with Crippen molar-refractivity contribution in [2.75, 3.05) is 12.4 Å². The first-order chi connectivity index (χ1) is 15.4. The lowest BCUT2D eigenvalue weighted by Gasteiger charge is -2.11. The number of hydrogen-bond acceptors (Lipinski definition) is 5. The van der Waals surface area contributed by atoms with Gasteiger partial charge in [-0.2, -0.15) is 4.98 Å². The van der Waals surface area contributed by atoms with Crippen LogP contribution in [0.25, 0.3) is 0 Å². The van der Waals surface area contributed by atoms with Crippen LogP contribution in [-0.4, -0.2) is 28.7 Å². The number of ether oxygens (including phenoxy) is 1. The predicted octanol–water partition coefficient (Wildman–Crippen LogP) is 2.61. The third-order valence-electron chi connectivity index (χ3n) is 4.35. The molecule has 0 unspecified atom stereocenters. The Morgan fingerprint density at radius 3 is 2.34 bits per heavy atom. The second-order valence-electron chi connectivity index (χ2n) is 6.46. The number of amides is 3. The maximum Gasteiger partial charge on any atom is 0.358 e. The molecule has 0 saturated carbocycles. The van der Waals surface area contributed by atoms with E-state index in [-0.39, 0.29) is 18.7 Å².